The Morgan fingerprint density at radius 1 is 1.42 bits per heavy atom. The number of aliphatic hydroxyl groups excluding tert-OH is 1. The third kappa shape index (κ3) is 3.55. The van der Waals surface area contributed by atoms with Gasteiger partial charge < -0.3 is 15.7 Å². The van der Waals surface area contributed by atoms with Gasteiger partial charge in [0.1, 0.15) is 0 Å². The van der Waals surface area contributed by atoms with Gasteiger partial charge in [-0.1, -0.05) is 30.3 Å². The lowest BCUT2D eigenvalue weighted by atomic mass is 9.98. The van der Waals surface area contributed by atoms with E-state index in [4.69, 9.17) is 10.8 Å². The maximum absolute atomic E-state index is 12.4. The number of benzene rings is 1. The number of hydrogen-bond acceptors (Lipinski definition) is 3. The van der Waals surface area contributed by atoms with Crippen LogP contribution in [0.1, 0.15) is 12.0 Å². The van der Waals surface area contributed by atoms with E-state index in [9.17, 15) is 4.79 Å². The van der Waals surface area contributed by atoms with Gasteiger partial charge in [0.25, 0.3) is 0 Å². The number of carbonyl (C=O) groups is 1. The Morgan fingerprint density at radius 3 is 2.74 bits per heavy atom. The first-order chi connectivity index (χ1) is 9.24. The Labute approximate surface area is 114 Å². The van der Waals surface area contributed by atoms with Gasteiger partial charge in [-0.2, -0.15) is 0 Å². The fraction of sp³-hybridized carbons (Fsp3) is 0.533. The number of nitrogens with two attached hydrogens (primary N) is 1. The van der Waals surface area contributed by atoms with Crippen molar-refractivity contribution in [2.75, 3.05) is 26.2 Å². The summed E-state index contributed by atoms with van der Waals surface area (Å²) in [7, 11) is 0. The van der Waals surface area contributed by atoms with Gasteiger partial charge in [0.15, 0.2) is 0 Å². The van der Waals surface area contributed by atoms with Gasteiger partial charge in [-0.05, 0) is 18.4 Å². The van der Waals surface area contributed by atoms with E-state index in [1.165, 1.54) is 0 Å². The lowest BCUT2D eigenvalue weighted by Gasteiger charge is -2.22. The van der Waals surface area contributed by atoms with E-state index < -0.39 is 0 Å². The summed E-state index contributed by atoms with van der Waals surface area (Å²) >= 11 is 0. The van der Waals surface area contributed by atoms with Gasteiger partial charge in [0.2, 0.25) is 5.91 Å². The van der Waals surface area contributed by atoms with Crippen LogP contribution in [0.4, 0.5) is 0 Å². The molecule has 2 atom stereocenters. The maximum Gasteiger partial charge on any atom is 0.227 e. The molecule has 0 radical (unpaired) electrons. The van der Waals surface area contributed by atoms with Crippen LogP contribution in [0.25, 0.3) is 0 Å². The van der Waals surface area contributed by atoms with Crippen LogP contribution in [0.5, 0.6) is 0 Å². The molecule has 2 unspecified atom stereocenters. The van der Waals surface area contributed by atoms with Gasteiger partial charge in [0, 0.05) is 32.2 Å². The normalized spacial score (nSPS) is 20.5. The minimum atomic E-state index is -0.153. The average molecular weight is 262 g/mol. The zero-order chi connectivity index (χ0) is 13.7. The van der Waals surface area contributed by atoms with E-state index in [-0.39, 0.29) is 24.3 Å². The highest BCUT2D eigenvalue weighted by Gasteiger charge is 2.29. The summed E-state index contributed by atoms with van der Waals surface area (Å²) in [5, 5.41) is 9.13. The third-order valence-corrected chi connectivity index (χ3v) is 3.81. The van der Waals surface area contributed by atoms with Crippen molar-refractivity contribution in [2.45, 2.75) is 12.8 Å². The molecular weight excluding hydrogens is 240 g/mol. The first kappa shape index (κ1) is 14.0. The molecule has 1 aliphatic heterocycles. The number of rotatable bonds is 5. The van der Waals surface area contributed by atoms with Crippen molar-refractivity contribution in [1.29, 1.82) is 0 Å². The molecule has 0 spiro atoms. The summed E-state index contributed by atoms with van der Waals surface area (Å²) in [4.78, 5) is 14.3. The van der Waals surface area contributed by atoms with Crippen LogP contribution in [-0.2, 0) is 11.2 Å². The summed E-state index contributed by atoms with van der Waals surface area (Å²) in [5.74, 6) is 0.209. The standard InChI is InChI=1S/C15H22N2O2/c16-9-14(8-12-4-2-1-3-5-12)15(19)17-7-6-13(10-17)11-18/h1-5,13-14,18H,6-11,16H2. The number of nitrogens with zero attached hydrogens (tertiary/aromatic N) is 1. The predicted molar refractivity (Wildman–Crippen MR) is 74.5 cm³/mol. The largest absolute Gasteiger partial charge is 0.396 e. The molecular formula is C15H22N2O2. The molecule has 3 N–H and O–H groups in total. The van der Waals surface area contributed by atoms with Crippen LogP contribution >= 0.6 is 0 Å². The van der Waals surface area contributed by atoms with Crippen molar-refractivity contribution in [3.8, 4) is 0 Å². The van der Waals surface area contributed by atoms with Gasteiger partial charge in [0.05, 0.1) is 5.92 Å². The fourth-order valence-electron chi connectivity index (χ4n) is 2.61. The second-order valence-corrected chi connectivity index (χ2v) is 5.24. The van der Waals surface area contributed by atoms with Crippen LogP contribution in [-0.4, -0.2) is 42.2 Å². The molecule has 1 aromatic rings. The van der Waals surface area contributed by atoms with Crippen LogP contribution in [0.3, 0.4) is 0 Å². The van der Waals surface area contributed by atoms with Crippen molar-refractivity contribution in [3.63, 3.8) is 0 Å². The van der Waals surface area contributed by atoms with E-state index in [0.717, 1.165) is 18.5 Å². The number of hydrogen-bond donors (Lipinski definition) is 2. The molecule has 1 aromatic carbocycles. The molecule has 104 valence electrons. The fourth-order valence-corrected chi connectivity index (χ4v) is 2.61. The Morgan fingerprint density at radius 2 is 2.16 bits per heavy atom. The van der Waals surface area contributed by atoms with Crippen LogP contribution in [0, 0.1) is 11.8 Å². The Kier molecular flexibility index (Phi) is 4.93. The van der Waals surface area contributed by atoms with Crippen molar-refractivity contribution in [2.24, 2.45) is 17.6 Å². The molecule has 4 heteroatoms. The molecule has 1 heterocycles. The third-order valence-electron chi connectivity index (χ3n) is 3.81. The highest BCUT2D eigenvalue weighted by atomic mass is 16.3. The van der Waals surface area contributed by atoms with Gasteiger partial charge in [-0.3, -0.25) is 4.79 Å². The van der Waals surface area contributed by atoms with Gasteiger partial charge in [-0.25, -0.2) is 0 Å². The second-order valence-electron chi connectivity index (χ2n) is 5.24. The highest BCUT2D eigenvalue weighted by Crippen LogP contribution is 2.19. The molecule has 1 fully saturated rings. The summed E-state index contributed by atoms with van der Waals surface area (Å²) in [6.45, 7) is 1.94. The molecule has 1 aliphatic rings. The van der Waals surface area contributed by atoms with E-state index >= 15 is 0 Å². The topological polar surface area (TPSA) is 66.6 Å². The van der Waals surface area contributed by atoms with Gasteiger partial charge in [-0.15, -0.1) is 0 Å². The molecule has 19 heavy (non-hydrogen) atoms. The van der Waals surface area contributed by atoms with Crippen LogP contribution < -0.4 is 5.73 Å². The first-order valence-electron chi connectivity index (χ1n) is 6.88. The first-order valence-corrected chi connectivity index (χ1v) is 6.88. The quantitative estimate of drug-likeness (QED) is 0.818. The summed E-state index contributed by atoms with van der Waals surface area (Å²) in [6.07, 6.45) is 1.58. The highest BCUT2D eigenvalue weighted by molar-refractivity contribution is 5.79. The molecule has 0 aliphatic carbocycles. The van der Waals surface area contributed by atoms with E-state index in [1.807, 2.05) is 35.2 Å². The molecule has 1 saturated heterocycles. The number of likely N-dealkylation sites (tertiary alicyclic amines) is 1. The SMILES string of the molecule is NCC(Cc1ccccc1)C(=O)N1CCC(CO)C1. The Hall–Kier alpha value is -1.39. The molecule has 4 nitrogen and oxygen atoms in total. The van der Waals surface area contributed by atoms with Crippen molar-refractivity contribution >= 4 is 5.91 Å². The maximum atomic E-state index is 12.4. The summed E-state index contributed by atoms with van der Waals surface area (Å²) in [6, 6.07) is 9.97. The summed E-state index contributed by atoms with van der Waals surface area (Å²) < 4.78 is 0. The number of aliphatic hydroxyl groups is 1. The van der Waals surface area contributed by atoms with Gasteiger partial charge >= 0.3 is 0 Å². The smallest absolute Gasteiger partial charge is 0.227 e. The van der Waals surface area contributed by atoms with E-state index in [1.54, 1.807) is 0 Å². The van der Waals surface area contributed by atoms with Crippen molar-refractivity contribution < 1.29 is 9.90 Å². The lowest BCUT2D eigenvalue weighted by Crippen LogP contribution is -2.39. The number of carbonyl (C=O) groups excluding carboxylic acids is 1. The summed E-state index contributed by atoms with van der Waals surface area (Å²) in [5.41, 5.74) is 6.90. The molecule has 2 rings (SSSR count). The minimum Gasteiger partial charge on any atom is -0.396 e. The Balaban J connectivity index is 1.96. The second kappa shape index (κ2) is 6.68. The van der Waals surface area contributed by atoms with Crippen LogP contribution in [0.2, 0.25) is 0 Å². The zero-order valence-corrected chi connectivity index (χ0v) is 11.2. The molecule has 0 saturated carbocycles. The molecule has 0 bridgehead atoms. The average Bonchev–Trinajstić information content (AvgIpc) is 2.94. The number of amides is 1. The zero-order valence-electron chi connectivity index (χ0n) is 11.2. The minimum absolute atomic E-state index is 0.127. The Bertz CT molecular complexity index is 408. The van der Waals surface area contributed by atoms with Crippen LogP contribution in [0.15, 0.2) is 30.3 Å². The molecule has 1 amide bonds. The monoisotopic (exact) mass is 262 g/mol. The van der Waals surface area contributed by atoms with E-state index in [2.05, 4.69) is 0 Å². The molecule has 0 aromatic heterocycles. The predicted octanol–water partition coefficient (Wildman–Crippen LogP) is 0.645. The van der Waals surface area contributed by atoms with E-state index in [0.29, 0.717) is 19.5 Å². The van der Waals surface area contributed by atoms with Crippen molar-refractivity contribution in [1.82, 2.24) is 4.90 Å². The lowest BCUT2D eigenvalue weighted by molar-refractivity contribution is -0.134. The van der Waals surface area contributed by atoms with Crippen molar-refractivity contribution in [3.05, 3.63) is 35.9 Å².